The number of hydrogen-bond acceptors (Lipinski definition) is 8. The molecular weight excluding hydrogens is 620 g/mol. The van der Waals surface area contributed by atoms with Crippen LogP contribution in [0.25, 0.3) is 0 Å². The molecule has 0 aromatic heterocycles. The molecule has 4 saturated carbocycles. The lowest BCUT2D eigenvalue weighted by atomic mass is 9.32. The van der Waals surface area contributed by atoms with E-state index in [9.17, 15) is 30.0 Å². The van der Waals surface area contributed by atoms with E-state index in [0.717, 1.165) is 25.7 Å². The monoisotopic (exact) mass is 682 g/mol. The molecule has 0 radical (unpaired) electrons. The molecule has 5 aliphatic rings. The second-order valence-electron chi connectivity index (χ2n) is 17.7. The summed E-state index contributed by atoms with van der Waals surface area (Å²) in [5.41, 5.74) is -1.47. The van der Waals surface area contributed by atoms with Crippen LogP contribution in [0.3, 0.4) is 0 Å². The lowest BCUT2D eigenvalue weighted by Crippen LogP contribution is -2.72. The third-order valence-corrected chi connectivity index (χ3v) is 15.4. The zero-order valence-corrected chi connectivity index (χ0v) is 31.3. The Balaban J connectivity index is 1.58. The number of rotatable bonds is 7. The van der Waals surface area contributed by atoms with Crippen molar-refractivity contribution in [1.29, 1.82) is 0 Å². The maximum atomic E-state index is 12.9. The van der Waals surface area contributed by atoms with Gasteiger partial charge in [-0.3, -0.25) is 0 Å². The Morgan fingerprint density at radius 2 is 1.43 bits per heavy atom. The van der Waals surface area contributed by atoms with Gasteiger partial charge < -0.3 is 29.9 Å². The van der Waals surface area contributed by atoms with Crippen LogP contribution in [-0.4, -0.2) is 70.0 Å². The van der Waals surface area contributed by atoms with Gasteiger partial charge in [-0.2, -0.15) is 0 Å². The number of carbonyl (C=O) groups excluding carboxylic acids is 2. The second-order valence-corrected chi connectivity index (χ2v) is 17.7. The van der Waals surface area contributed by atoms with Crippen molar-refractivity contribution in [1.82, 2.24) is 0 Å². The molecule has 0 aromatic rings. The zero-order chi connectivity index (χ0) is 36.5. The van der Waals surface area contributed by atoms with Crippen LogP contribution in [-0.2, 0) is 19.1 Å². The van der Waals surface area contributed by atoms with E-state index in [1.165, 1.54) is 5.57 Å². The molecule has 0 saturated heterocycles. The van der Waals surface area contributed by atoms with Gasteiger partial charge in [0.1, 0.15) is 6.61 Å². The molecule has 4 fully saturated rings. The maximum absolute atomic E-state index is 12.9. The first-order valence-corrected chi connectivity index (χ1v) is 18.4. The number of aliphatic hydroxyl groups excluding tert-OH is 4. The highest BCUT2D eigenvalue weighted by atomic mass is 16.5. The van der Waals surface area contributed by atoms with Crippen LogP contribution in [0.5, 0.6) is 0 Å². The van der Waals surface area contributed by atoms with Crippen LogP contribution >= 0.6 is 0 Å². The zero-order valence-electron chi connectivity index (χ0n) is 31.3. The highest BCUT2D eigenvalue weighted by molar-refractivity contribution is 5.88. The van der Waals surface area contributed by atoms with Crippen molar-refractivity contribution in [3.05, 3.63) is 47.6 Å². The molecule has 4 N–H and O–H groups in total. The molecule has 3 unspecified atom stereocenters. The molecule has 5 rings (SSSR count). The van der Waals surface area contributed by atoms with Crippen molar-refractivity contribution >= 4 is 11.9 Å². The van der Waals surface area contributed by atoms with E-state index in [2.05, 4.69) is 39.5 Å². The van der Waals surface area contributed by atoms with Gasteiger partial charge >= 0.3 is 11.9 Å². The molecule has 8 heteroatoms. The van der Waals surface area contributed by atoms with Crippen LogP contribution in [0.15, 0.2) is 47.6 Å². The van der Waals surface area contributed by atoms with Crippen molar-refractivity contribution in [2.75, 3.05) is 13.2 Å². The first-order valence-electron chi connectivity index (χ1n) is 18.4. The SMILES string of the molecule is C=C[C@]12CC[C@H](O)[C@](C)(COC(=O)/C(C)=C\C)C1CC[C@]1(C)C2CC=C2C3CC(C)(C)[C@@H](O)[C@H](O)[C@]3(COC(=O)/C(C)=C\C)[C@H](O)C[C@]21C. The van der Waals surface area contributed by atoms with Gasteiger partial charge in [-0.1, -0.05) is 64.5 Å². The summed E-state index contributed by atoms with van der Waals surface area (Å²) in [6, 6.07) is 0. The number of esters is 2. The molecule has 274 valence electrons. The van der Waals surface area contributed by atoms with Gasteiger partial charge in [0.05, 0.1) is 36.4 Å². The Labute approximate surface area is 293 Å². The fraction of sp³-hybridized carbons (Fsp3) is 0.756. The lowest BCUT2D eigenvalue weighted by molar-refractivity contribution is -0.258. The summed E-state index contributed by atoms with van der Waals surface area (Å²) < 4.78 is 11.7. The van der Waals surface area contributed by atoms with E-state index >= 15 is 0 Å². The molecule has 0 heterocycles. The molecular formula is C41H62O8. The Morgan fingerprint density at radius 3 is 2.00 bits per heavy atom. The standard InChI is InChI=1S/C41H62O8/c1-11-24(4)34(46)48-22-37(8)28-16-18-38(9)29(40(28,13-3)19-17-30(37)42)15-14-26-27-20-36(6,7)32(44)33(45)41(27,31(43)21-39(26,38)10)23-49-35(47)25(5)12-2/h11-14,27-33,42-45H,3,15-23H2,1-2,4-10H3/b24-11-,25-12-/t27?,28?,29?,30-,31+,32-,33-,37+,38+,39+,40-,41-/m0/s1. The average Bonchev–Trinajstić information content (AvgIpc) is 3.06. The van der Waals surface area contributed by atoms with E-state index in [1.54, 1.807) is 32.9 Å². The van der Waals surface area contributed by atoms with Gasteiger partial charge in [0.2, 0.25) is 0 Å². The van der Waals surface area contributed by atoms with E-state index < -0.39 is 52.0 Å². The Kier molecular flexibility index (Phi) is 9.88. The van der Waals surface area contributed by atoms with Crippen molar-refractivity contribution in [2.24, 2.45) is 50.2 Å². The minimum absolute atomic E-state index is 0.0315. The van der Waals surface area contributed by atoms with Gasteiger partial charge in [0.25, 0.3) is 0 Å². The number of allylic oxidation sites excluding steroid dienone is 5. The van der Waals surface area contributed by atoms with E-state index in [4.69, 9.17) is 9.47 Å². The highest BCUT2D eigenvalue weighted by Gasteiger charge is 2.73. The molecule has 0 aromatic carbocycles. The molecule has 0 spiro atoms. The van der Waals surface area contributed by atoms with E-state index in [1.807, 2.05) is 20.8 Å². The largest absolute Gasteiger partial charge is 0.462 e. The topological polar surface area (TPSA) is 134 Å². The molecule has 49 heavy (non-hydrogen) atoms. The third-order valence-electron chi connectivity index (χ3n) is 15.4. The molecule has 0 bridgehead atoms. The van der Waals surface area contributed by atoms with Gasteiger partial charge in [0.15, 0.2) is 0 Å². The van der Waals surface area contributed by atoms with Crippen LogP contribution < -0.4 is 0 Å². The average molecular weight is 683 g/mol. The third kappa shape index (κ3) is 5.28. The summed E-state index contributed by atoms with van der Waals surface area (Å²) in [5, 5.41) is 47.3. The summed E-state index contributed by atoms with van der Waals surface area (Å²) in [7, 11) is 0. The first kappa shape index (κ1) is 38.0. The summed E-state index contributed by atoms with van der Waals surface area (Å²) in [4.78, 5) is 25.7. The van der Waals surface area contributed by atoms with E-state index in [0.29, 0.717) is 30.4 Å². The van der Waals surface area contributed by atoms with Crippen molar-refractivity contribution < 1.29 is 39.5 Å². The fourth-order valence-electron chi connectivity index (χ4n) is 11.7. The summed E-state index contributed by atoms with van der Waals surface area (Å²) >= 11 is 0. The number of fused-ring (bicyclic) bond motifs is 7. The van der Waals surface area contributed by atoms with Crippen molar-refractivity contribution in [2.45, 2.75) is 132 Å². The van der Waals surface area contributed by atoms with Crippen LogP contribution in [0.1, 0.15) is 107 Å². The van der Waals surface area contributed by atoms with Crippen LogP contribution in [0.4, 0.5) is 0 Å². The predicted molar refractivity (Wildman–Crippen MR) is 189 cm³/mol. The quantitative estimate of drug-likeness (QED) is 0.141. The minimum atomic E-state index is -1.30. The van der Waals surface area contributed by atoms with Gasteiger partial charge in [-0.15, -0.1) is 6.58 Å². The summed E-state index contributed by atoms with van der Waals surface area (Å²) in [5.74, 6) is -1.00. The molecule has 8 nitrogen and oxygen atoms in total. The molecule has 0 amide bonds. The summed E-state index contributed by atoms with van der Waals surface area (Å²) in [6.07, 6.45) is 8.44. The Bertz CT molecular complexity index is 1440. The highest BCUT2D eigenvalue weighted by Crippen LogP contribution is 2.76. The predicted octanol–water partition coefficient (Wildman–Crippen LogP) is 6.23. The first-order chi connectivity index (χ1) is 22.8. The maximum Gasteiger partial charge on any atom is 0.333 e. The van der Waals surface area contributed by atoms with Crippen LogP contribution in [0, 0.1) is 50.2 Å². The lowest BCUT2D eigenvalue weighted by Gasteiger charge is -2.72. The molecule has 5 aliphatic carbocycles. The number of aliphatic hydroxyl groups is 4. The van der Waals surface area contributed by atoms with Gasteiger partial charge in [-0.05, 0) is 112 Å². The smallest absolute Gasteiger partial charge is 0.333 e. The van der Waals surface area contributed by atoms with Crippen molar-refractivity contribution in [3.8, 4) is 0 Å². The number of carbonyl (C=O) groups is 2. The summed E-state index contributed by atoms with van der Waals surface area (Å²) in [6.45, 7) is 22.0. The second kappa shape index (κ2) is 12.8. The molecule has 12 atom stereocenters. The van der Waals surface area contributed by atoms with E-state index in [-0.39, 0.29) is 47.8 Å². The van der Waals surface area contributed by atoms with Crippen LogP contribution in [0.2, 0.25) is 0 Å². The molecule has 0 aliphatic heterocycles. The van der Waals surface area contributed by atoms with Crippen molar-refractivity contribution in [3.63, 3.8) is 0 Å². The Morgan fingerprint density at radius 1 is 0.837 bits per heavy atom. The Hall–Kier alpha value is -2.26. The van der Waals surface area contributed by atoms with Gasteiger partial charge in [-0.25, -0.2) is 9.59 Å². The normalized spacial score (nSPS) is 46.2. The fourth-order valence-corrected chi connectivity index (χ4v) is 11.7. The minimum Gasteiger partial charge on any atom is -0.462 e. The van der Waals surface area contributed by atoms with Gasteiger partial charge in [0, 0.05) is 16.6 Å². The number of ether oxygens (including phenoxy) is 2. The number of hydrogen-bond donors (Lipinski definition) is 4.